The molecule has 0 unspecified atom stereocenters. The van der Waals surface area contributed by atoms with Gasteiger partial charge in [0.05, 0.1) is 0 Å². The molecule has 0 bridgehead atoms. The molecular formula is C19H26N4O. The van der Waals surface area contributed by atoms with Crippen molar-refractivity contribution in [1.82, 2.24) is 9.78 Å². The molecule has 2 N–H and O–H groups in total. The van der Waals surface area contributed by atoms with E-state index in [1.807, 2.05) is 0 Å². The molecule has 0 aliphatic rings. The van der Waals surface area contributed by atoms with Gasteiger partial charge in [-0.25, -0.2) is 4.68 Å². The zero-order valence-corrected chi connectivity index (χ0v) is 15.0. The van der Waals surface area contributed by atoms with Gasteiger partial charge in [0.25, 0.3) is 5.88 Å². The molecule has 0 spiro atoms. The third-order valence-corrected chi connectivity index (χ3v) is 4.20. The van der Waals surface area contributed by atoms with Gasteiger partial charge in [-0.2, -0.15) is 5.26 Å². The van der Waals surface area contributed by atoms with E-state index in [9.17, 15) is 5.26 Å². The van der Waals surface area contributed by atoms with Crippen molar-refractivity contribution in [1.29, 1.82) is 5.26 Å². The highest BCUT2D eigenvalue weighted by atomic mass is 16.5. The number of benzene rings is 1. The summed E-state index contributed by atoms with van der Waals surface area (Å²) in [6.45, 7) is 9.57. The van der Waals surface area contributed by atoms with Crippen molar-refractivity contribution in [3.05, 3.63) is 40.5 Å². The van der Waals surface area contributed by atoms with Crippen molar-refractivity contribution >= 4 is 5.82 Å². The van der Waals surface area contributed by atoms with Crippen molar-refractivity contribution in [2.45, 2.75) is 59.6 Å². The molecule has 0 saturated carbocycles. The highest BCUT2D eigenvalue weighted by molar-refractivity contribution is 5.55. The van der Waals surface area contributed by atoms with Gasteiger partial charge >= 0.3 is 0 Å². The number of anilines is 1. The summed E-state index contributed by atoms with van der Waals surface area (Å²) >= 11 is 0. The van der Waals surface area contributed by atoms with Crippen molar-refractivity contribution in [2.75, 3.05) is 5.73 Å². The first-order valence-electron chi connectivity index (χ1n) is 8.46. The standard InChI is InChI=1S/C19H26N4O/c1-5-6-9-23-18(21)17(11-20)19(22-23)24-12-16-10-15(13(2)3)8-7-14(16)4/h7-8,10,13H,5-6,9,12,21H2,1-4H3. The molecule has 2 aromatic rings. The normalized spacial score (nSPS) is 10.8. The van der Waals surface area contributed by atoms with Gasteiger partial charge in [0, 0.05) is 6.54 Å². The Morgan fingerprint density at radius 3 is 2.75 bits per heavy atom. The molecule has 0 saturated heterocycles. The average Bonchev–Trinajstić information content (AvgIpc) is 2.87. The lowest BCUT2D eigenvalue weighted by molar-refractivity contribution is 0.287. The van der Waals surface area contributed by atoms with Gasteiger partial charge in [-0.15, -0.1) is 5.10 Å². The van der Waals surface area contributed by atoms with Gasteiger partial charge in [-0.1, -0.05) is 45.4 Å². The van der Waals surface area contributed by atoms with Gasteiger partial charge in [0.2, 0.25) is 0 Å². The van der Waals surface area contributed by atoms with E-state index >= 15 is 0 Å². The molecule has 0 aliphatic heterocycles. The fraction of sp³-hybridized carbons (Fsp3) is 0.474. The number of nitriles is 1. The lowest BCUT2D eigenvalue weighted by Gasteiger charge is -2.11. The van der Waals surface area contributed by atoms with Gasteiger partial charge in [0.1, 0.15) is 18.5 Å². The second kappa shape index (κ2) is 7.87. The van der Waals surface area contributed by atoms with E-state index in [-0.39, 0.29) is 0 Å². The summed E-state index contributed by atoms with van der Waals surface area (Å²) in [6.07, 6.45) is 2.00. The Labute approximate surface area is 144 Å². The smallest absolute Gasteiger partial charge is 0.253 e. The highest BCUT2D eigenvalue weighted by Crippen LogP contribution is 2.25. The summed E-state index contributed by atoms with van der Waals surface area (Å²) in [5.74, 6) is 1.16. The van der Waals surface area contributed by atoms with Crippen molar-refractivity contribution in [3.8, 4) is 11.9 Å². The van der Waals surface area contributed by atoms with Crippen LogP contribution in [0.2, 0.25) is 0 Å². The summed E-state index contributed by atoms with van der Waals surface area (Å²) in [7, 11) is 0. The Kier molecular flexibility index (Phi) is 5.86. The van der Waals surface area contributed by atoms with E-state index in [4.69, 9.17) is 10.5 Å². The average molecular weight is 326 g/mol. The fourth-order valence-electron chi connectivity index (χ4n) is 2.49. The minimum Gasteiger partial charge on any atom is -0.471 e. The second-order valence-corrected chi connectivity index (χ2v) is 6.38. The maximum atomic E-state index is 9.34. The number of hydrogen-bond donors (Lipinski definition) is 1. The van der Waals surface area contributed by atoms with E-state index in [2.05, 4.69) is 57.1 Å². The zero-order valence-electron chi connectivity index (χ0n) is 15.0. The first kappa shape index (κ1) is 17.9. The number of nitrogen functional groups attached to an aromatic ring is 1. The predicted molar refractivity (Wildman–Crippen MR) is 95.9 cm³/mol. The monoisotopic (exact) mass is 326 g/mol. The van der Waals surface area contributed by atoms with Crippen LogP contribution in [0.15, 0.2) is 18.2 Å². The van der Waals surface area contributed by atoms with Crippen molar-refractivity contribution in [3.63, 3.8) is 0 Å². The van der Waals surface area contributed by atoms with Crippen LogP contribution in [0.5, 0.6) is 5.88 Å². The Bertz CT molecular complexity index is 741. The van der Waals surface area contributed by atoms with E-state index in [1.165, 1.54) is 5.56 Å². The predicted octanol–water partition coefficient (Wildman–Crippen LogP) is 4.15. The molecule has 1 heterocycles. The van der Waals surface area contributed by atoms with Crippen LogP contribution in [0.3, 0.4) is 0 Å². The number of unbranched alkanes of at least 4 members (excludes halogenated alkanes) is 1. The van der Waals surface area contributed by atoms with E-state index in [0.717, 1.165) is 24.0 Å². The third kappa shape index (κ3) is 3.88. The van der Waals surface area contributed by atoms with Crippen molar-refractivity contribution in [2.24, 2.45) is 0 Å². The summed E-state index contributed by atoms with van der Waals surface area (Å²) < 4.78 is 7.50. The van der Waals surface area contributed by atoms with Crippen LogP contribution in [0.4, 0.5) is 5.82 Å². The summed E-state index contributed by atoms with van der Waals surface area (Å²) in [6, 6.07) is 8.51. The lowest BCUT2D eigenvalue weighted by atomic mass is 9.98. The van der Waals surface area contributed by atoms with E-state index < -0.39 is 0 Å². The maximum absolute atomic E-state index is 9.34. The number of ether oxygens (including phenoxy) is 1. The molecule has 5 nitrogen and oxygen atoms in total. The summed E-state index contributed by atoms with van der Waals surface area (Å²) in [5, 5.41) is 13.7. The molecule has 2 rings (SSSR count). The molecule has 24 heavy (non-hydrogen) atoms. The first-order valence-corrected chi connectivity index (χ1v) is 8.46. The second-order valence-electron chi connectivity index (χ2n) is 6.38. The topological polar surface area (TPSA) is 76.9 Å². The minimum absolute atomic E-state index is 0.320. The first-order chi connectivity index (χ1) is 11.5. The molecule has 0 atom stereocenters. The number of aromatic nitrogens is 2. The van der Waals surface area contributed by atoms with Gasteiger partial charge in [-0.3, -0.25) is 0 Å². The number of rotatable bonds is 7. The number of nitrogens with two attached hydrogens (primary N) is 1. The number of hydrogen-bond acceptors (Lipinski definition) is 4. The number of aryl methyl sites for hydroxylation is 2. The van der Waals surface area contributed by atoms with Gasteiger partial charge < -0.3 is 10.5 Å². The van der Waals surface area contributed by atoms with Crippen LogP contribution in [0.1, 0.15) is 61.8 Å². The zero-order chi connectivity index (χ0) is 17.7. The summed E-state index contributed by atoms with van der Waals surface area (Å²) in [4.78, 5) is 0. The maximum Gasteiger partial charge on any atom is 0.253 e. The van der Waals surface area contributed by atoms with E-state index in [0.29, 0.717) is 36.3 Å². The largest absolute Gasteiger partial charge is 0.471 e. The molecular weight excluding hydrogens is 300 g/mol. The van der Waals surface area contributed by atoms with Gasteiger partial charge in [0.15, 0.2) is 5.56 Å². The fourth-order valence-corrected chi connectivity index (χ4v) is 2.49. The Hall–Kier alpha value is -2.48. The SMILES string of the molecule is CCCCn1nc(OCc2cc(C(C)C)ccc2C)c(C#N)c1N. The van der Waals surface area contributed by atoms with Crippen LogP contribution in [-0.4, -0.2) is 9.78 Å². The Morgan fingerprint density at radius 2 is 2.12 bits per heavy atom. The summed E-state index contributed by atoms with van der Waals surface area (Å²) in [5.41, 5.74) is 9.88. The minimum atomic E-state index is 0.320. The Balaban J connectivity index is 2.20. The molecule has 0 amide bonds. The molecule has 0 fully saturated rings. The molecule has 1 aromatic heterocycles. The third-order valence-electron chi connectivity index (χ3n) is 4.20. The Morgan fingerprint density at radius 1 is 1.38 bits per heavy atom. The van der Waals surface area contributed by atoms with Crippen LogP contribution in [0.25, 0.3) is 0 Å². The van der Waals surface area contributed by atoms with Crippen LogP contribution >= 0.6 is 0 Å². The van der Waals surface area contributed by atoms with Crippen LogP contribution in [-0.2, 0) is 13.2 Å². The quantitative estimate of drug-likeness (QED) is 0.829. The lowest BCUT2D eigenvalue weighted by Crippen LogP contribution is -2.05. The highest BCUT2D eigenvalue weighted by Gasteiger charge is 2.17. The molecule has 0 aliphatic carbocycles. The molecule has 5 heteroatoms. The number of nitrogens with zero attached hydrogens (tertiary/aromatic N) is 3. The van der Waals surface area contributed by atoms with Crippen LogP contribution < -0.4 is 10.5 Å². The van der Waals surface area contributed by atoms with Gasteiger partial charge in [-0.05, 0) is 36.0 Å². The van der Waals surface area contributed by atoms with E-state index in [1.54, 1.807) is 4.68 Å². The van der Waals surface area contributed by atoms with Crippen molar-refractivity contribution < 1.29 is 4.74 Å². The molecule has 0 radical (unpaired) electrons. The van der Waals surface area contributed by atoms with Crippen LogP contribution in [0, 0.1) is 18.3 Å². The molecule has 128 valence electrons. The molecule has 1 aromatic carbocycles.